The van der Waals surface area contributed by atoms with Gasteiger partial charge in [0, 0.05) is 24.8 Å². The van der Waals surface area contributed by atoms with Gasteiger partial charge in [0.05, 0.1) is 12.9 Å². The molecule has 0 bridgehead atoms. The standard InChI is InChI=1S/C11H16O4/c1-7(12)15-10-9(13)5-8(14-4)6-11(10,2)3/h5,10H,6H2,1-4H3. The van der Waals surface area contributed by atoms with Crippen molar-refractivity contribution in [1.82, 2.24) is 0 Å². The lowest BCUT2D eigenvalue weighted by Gasteiger charge is -2.35. The molecule has 0 N–H and O–H groups in total. The molecule has 1 aliphatic rings. The molecule has 84 valence electrons. The maximum atomic E-state index is 11.7. The summed E-state index contributed by atoms with van der Waals surface area (Å²) in [4.78, 5) is 22.6. The van der Waals surface area contributed by atoms with Crippen molar-refractivity contribution in [3.63, 3.8) is 0 Å². The zero-order valence-electron chi connectivity index (χ0n) is 9.49. The minimum absolute atomic E-state index is 0.210. The molecule has 0 saturated heterocycles. The third-order valence-corrected chi connectivity index (χ3v) is 2.45. The zero-order chi connectivity index (χ0) is 11.6. The van der Waals surface area contributed by atoms with Crippen LogP contribution in [0.4, 0.5) is 0 Å². The van der Waals surface area contributed by atoms with Crippen molar-refractivity contribution in [2.75, 3.05) is 7.11 Å². The highest BCUT2D eigenvalue weighted by molar-refractivity contribution is 5.96. The predicted octanol–water partition coefficient (Wildman–Crippen LogP) is 1.45. The second kappa shape index (κ2) is 4.04. The molecule has 0 heterocycles. The van der Waals surface area contributed by atoms with E-state index in [1.807, 2.05) is 13.8 Å². The van der Waals surface area contributed by atoms with Gasteiger partial charge in [0.2, 0.25) is 0 Å². The zero-order valence-corrected chi connectivity index (χ0v) is 9.49. The van der Waals surface area contributed by atoms with E-state index in [9.17, 15) is 9.59 Å². The van der Waals surface area contributed by atoms with Gasteiger partial charge in [-0.2, -0.15) is 0 Å². The van der Waals surface area contributed by atoms with Crippen molar-refractivity contribution in [3.05, 3.63) is 11.8 Å². The third-order valence-electron chi connectivity index (χ3n) is 2.45. The van der Waals surface area contributed by atoms with E-state index in [0.29, 0.717) is 12.2 Å². The lowest BCUT2D eigenvalue weighted by atomic mass is 9.76. The van der Waals surface area contributed by atoms with Gasteiger partial charge in [-0.05, 0) is 0 Å². The number of allylic oxidation sites excluding steroid dienone is 1. The Balaban J connectivity index is 2.93. The first-order valence-electron chi connectivity index (χ1n) is 4.82. The first-order chi connectivity index (χ1) is 6.86. The molecular formula is C11H16O4. The number of ether oxygens (including phenoxy) is 2. The number of carbonyl (C=O) groups excluding carboxylic acids is 2. The maximum absolute atomic E-state index is 11.7. The summed E-state index contributed by atoms with van der Waals surface area (Å²) >= 11 is 0. The van der Waals surface area contributed by atoms with Crippen LogP contribution in [-0.4, -0.2) is 25.0 Å². The lowest BCUT2D eigenvalue weighted by Crippen LogP contribution is -2.42. The molecule has 0 fully saturated rings. The lowest BCUT2D eigenvalue weighted by molar-refractivity contribution is -0.159. The van der Waals surface area contributed by atoms with Gasteiger partial charge in [-0.15, -0.1) is 0 Å². The normalized spacial score (nSPS) is 24.4. The topological polar surface area (TPSA) is 52.6 Å². The molecule has 1 aliphatic carbocycles. The van der Waals surface area contributed by atoms with E-state index < -0.39 is 17.5 Å². The third kappa shape index (κ3) is 2.58. The summed E-state index contributed by atoms with van der Waals surface area (Å²) in [6.07, 6.45) is 1.29. The van der Waals surface area contributed by atoms with Gasteiger partial charge in [-0.25, -0.2) is 0 Å². The molecule has 15 heavy (non-hydrogen) atoms. The summed E-state index contributed by atoms with van der Waals surface area (Å²) in [6, 6.07) is 0. The van der Waals surface area contributed by atoms with E-state index in [4.69, 9.17) is 9.47 Å². The van der Waals surface area contributed by atoms with Crippen LogP contribution in [0.3, 0.4) is 0 Å². The fraction of sp³-hybridized carbons (Fsp3) is 0.636. The van der Waals surface area contributed by atoms with Gasteiger partial charge in [-0.1, -0.05) is 13.8 Å². The van der Waals surface area contributed by atoms with Crippen molar-refractivity contribution in [1.29, 1.82) is 0 Å². The van der Waals surface area contributed by atoms with Crippen molar-refractivity contribution in [2.24, 2.45) is 5.41 Å². The number of esters is 1. The fourth-order valence-electron chi connectivity index (χ4n) is 1.73. The van der Waals surface area contributed by atoms with E-state index in [0.717, 1.165) is 0 Å². The fourth-order valence-corrected chi connectivity index (χ4v) is 1.73. The summed E-state index contributed by atoms with van der Waals surface area (Å²) in [7, 11) is 1.53. The first-order valence-corrected chi connectivity index (χ1v) is 4.82. The van der Waals surface area contributed by atoms with E-state index in [1.165, 1.54) is 20.1 Å². The van der Waals surface area contributed by atoms with Crippen LogP contribution in [0.5, 0.6) is 0 Å². The van der Waals surface area contributed by atoms with Gasteiger partial charge in [0.15, 0.2) is 11.9 Å². The molecule has 4 nitrogen and oxygen atoms in total. The van der Waals surface area contributed by atoms with Crippen LogP contribution >= 0.6 is 0 Å². The molecule has 0 amide bonds. The molecule has 0 aliphatic heterocycles. The van der Waals surface area contributed by atoms with Crippen LogP contribution in [0, 0.1) is 5.41 Å². The number of hydrogen-bond acceptors (Lipinski definition) is 4. The Morgan fingerprint density at radius 2 is 2.13 bits per heavy atom. The molecule has 0 aromatic carbocycles. The van der Waals surface area contributed by atoms with Crippen molar-refractivity contribution < 1.29 is 19.1 Å². The summed E-state index contributed by atoms with van der Waals surface area (Å²) < 4.78 is 10.1. The molecule has 4 heteroatoms. The predicted molar refractivity (Wildman–Crippen MR) is 54.1 cm³/mol. The van der Waals surface area contributed by atoms with Gasteiger partial charge >= 0.3 is 5.97 Å². The van der Waals surface area contributed by atoms with Crippen LogP contribution in [0.2, 0.25) is 0 Å². The molecule has 0 spiro atoms. The largest absolute Gasteiger partial charge is 0.501 e. The molecule has 1 atom stereocenters. The van der Waals surface area contributed by atoms with E-state index in [1.54, 1.807) is 0 Å². The monoisotopic (exact) mass is 212 g/mol. The quantitative estimate of drug-likeness (QED) is 0.650. The molecule has 0 aromatic heterocycles. The smallest absolute Gasteiger partial charge is 0.303 e. The Bertz CT molecular complexity index is 315. The number of hydrogen-bond donors (Lipinski definition) is 0. The van der Waals surface area contributed by atoms with Gasteiger partial charge in [0.25, 0.3) is 0 Å². The van der Waals surface area contributed by atoms with Gasteiger partial charge < -0.3 is 9.47 Å². The summed E-state index contributed by atoms with van der Waals surface area (Å²) in [5.74, 6) is -0.0117. The van der Waals surface area contributed by atoms with E-state index in [2.05, 4.69) is 0 Å². The van der Waals surface area contributed by atoms with Crippen LogP contribution in [-0.2, 0) is 19.1 Å². The van der Waals surface area contributed by atoms with E-state index >= 15 is 0 Å². The number of ketones is 1. The van der Waals surface area contributed by atoms with Crippen molar-refractivity contribution in [3.8, 4) is 0 Å². The molecule has 0 radical (unpaired) electrons. The SMILES string of the molecule is COC1=CC(=O)C(OC(C)=O)C(C)(C)C1. The van der Waals surface area contributed by atoms with Gasteiger partial charge in [0.1, 0.15) is 0 Å². The van der Waals surface area contributed by atoms with Gasteiger partial charge in [-0.3, -0.25) is 9.59 Å². The van der Waals surface area contributed by atoms with Crippen LogP contribution in [0.1, 0.15) is 27.2 Å². The Labute approximate surface area is 89.2 Å². The van der Waals surface area contributed by atoms with Crippen molar-refractivity contribution >= 4 is 11.8 Å². The second-order valence-corrected chi connectivity index (χ2v) is 4.37. The summed E-state index contributed by atoms with van der Waals surface area (Å²) in [6.45, 7) is 5.06. The highest BCUT2D eigenvalue weighted by Crippen LogP contribution is 2.36. The highest BCUT2D eigenvalue weighted by Gasteiger charge is 2.41. The Kier molecular flexibility index (Phi) is 3.17. The van der Waals surface area contributed by atoms with E-state index in [-0.39, 0.29) is 5.78 Å². The molecular weight excluding hydrogens is 196 g/mol. The average Bonchev–Trinajstić information content (AvgIpc) is 2.10. The van der Waals surface area contributed by atoms with Crippen LogP contribution < -0.4 is 0 Å². The molecule has 0 aromatic rings. The molecule has 1 unspecified atom stereocenters. The Morgan fingerprint density at radius 3 is 2.53 bits per heavy atom. The minimum Gasteiger partial charge on any atom is -0.501 e. The van der Waals surface area contributed by atoms with Crippen LogP contribution in [0.25, 0.3) is 0 Å². The van der Waals surface area contributed by atoms with Crippen molar-refractivity contribution in [2.45, 2.75) is 33.3 Å². The maximum Gasteiger partial charge on any atom is 0.303 e. The molecule has 1 rings (SSSR count). The average molecular weight is 212 g/mol. The highest BCUT2D eigenvalue weighted by atomic mass is 16.5. The Hall–Kier alpha value is -1.32. The number of carbonyl (C=O) groups is 2. The Morgan fingerprint density at radius 1 is 1.53 bits per heavy atom. The summed E-state index contributed by atoms with van der Waals surface area (Å²) in [5.41, 5.74) is -0.414. The first kappa shape index (κ1) is 11.8. The minimum atomic E-state index is -0.700. The second-order valence-electron chi connectivity index (χ2n) is 4.37. The number of rotatable bonds is 2. The molecule has 0 saturated carbocycles. The number of methoxy groups -OCH3 is 1. The summed E-state index contributed by atoms with van der Waals surface area (Å²) in [5, 5.41) is 0. The van der Waals surface area contributed by atoms with Crippen LogP contribution in [0.15, 0.2) is 11.8 Å².